The third kappa shape index (κ3) is 10.0. The van der Waals surface area contributed by atoms with E-state index in [2.05, 4.69) is 32.4 Å². The fourth-order valence-corrected chi connectivity index (χ4v) is 5.86. The predicted molar refractivity (Wildman–Crippen MR) is 211 cm³/mol. The first-order chi connectivity index (χ1) is 26.4. The summed E-state index contributed by atoms with van der Waals surface area (Å²) in [6, 6.07) is 18.6. The van der Waals surface area contributed by atoms with E-state index in [1.165, 1.54) is 18.5 Å². The van der Waals surface area contributed by atoms with E-state index in [9.17, 15) is 23.6 Å². The van der Waals surface area contributed by atoms with E-state index in [4.69, 9.17) is 33.4 Å². The number of aliphatic hydroxyl groups is 2. The fraction of sp³-hybridized carbons (Fsp3) is 0.195. The van der Waals surface area contributed by atoms with Crippen LogP contribution in [0.4, 0.5) is 4.39 Å². The number of aromatic nitrogens is 3. The van der Waals surface area contributed by atoms with Crippen LogP contribution in [0, 0.1) is 24.6 Å². The average molecular weight is 785 g/mol. The first-order valence-electron chi connectivity index (χ1n) is 17.0. The van der Waals surface area contributed by atoms with Crippen LogP contribution in [0.3, 0.4) is 0 Å². The van der Waals surface area contributed by atoms with Crippen LogP contribution < -0.4 is 21.5 Å². The van der Waals surface area contributed by atoms with Gasteiger partial charge in [-0.05, 0) is 78.9 Å². The van der Waals surface area contributed by atoms with Crippen LogP contribution in [0.1, 0.15) is 55.1 Å². The molecule has 0 radical (unpaired) electrons. The third-order valence-corrected chi connectivity index (χ3v) is 8.99. The van der Waals surface area contributed by atoms with Gasteiger partial charge in [0.1, 0.15) is 29.2 Å². The standard InChI is InChI=1S/C21H18ClN3O3.C20H18ClFN2O3/c1-13-15(4-3-9-26)10-17-19(27)18(12-25(2)20(17)24-13)21(28)23-11-14-5-7-16(22)8-6-14;21-14-5-3-12(4-6-14)10-24-20(27)16-11-23-18-15(19(16)26)8-13(2-1-7-25)9-17(18)22/h5-8,10,12,26H,9,11H2,1-2H3,(H,23,28);3-6,8-9,11,25H,1-2,7,10H2,(H,23,26)(H,24,27). The second kappa shape index (κ2) is 18.5. The lowest BCUT2D eigenvalue weighted by Crippen LogP contribution is -2.29. The van der Waals surface area contributed by atoms with Crippen LogP contribution in [-0.2, 0) is 26.6 Å². The highest BCUT2D eigenvalue weighted by Crippen LogP contribution is 2.18. The van der Waals surface area contributed by atoms with Crippen molar-refractivity contribution in [1.29, 1.82) is 0 Å². The molecular formula is C41H36Cl2FN5O6. The minimum Gasteiger partial charge on any atom is -0.396 e. The second-order valence-corrected chi connectivity index (χ2v) is 13.3. The molecule has 0 spiro atoms. The highest BCUT2D eigenvalue weighted by molar-refractivity contribution is 6.30. The predicted octanol–water partition coefficient (Wildman–Crippen LogP) is 5.34. The molecule has 0 aliphatic carbocycles. The molecule has 0 bridgehead atoms. The van der Waals surface area contributed by atoms with Gasteiger partial charge < -0.3 is 30.4 Å². The first kappa shape index (κ1) is 40.3. The molecule has 14 heteroatoms. The monoisotopic (exact) mass is 783 g/mol. The van der Waals surface area contributed by atoms with Gasteiger partial charge in [0, 0.05) is 60.1 Å². The fourth-order valence-electron chi connectivity index (χ4n) is 5.61. The summed E-state index contributed by atoms with van der Waals surface area (Å²) < 4.78 is 15.9. The molecule has 6 aromatic rings. The van der Waals surface area contributed by atoms with Crippen molar-refractivity contribution in [2.45, 2.75) is 32.9 Å². The number of pyridine rings is 3. The van der Waals surface area contributed by atoms with Gasteiger partial charge in [-0.25, -0.2) is 9.37 Å². The molecule has 0 fully saturated rings. The molecule has 55 heavy (non-hydrogen) atoms. The molecular weight excluding hydrogens is 748 g/mol. The molecule has 3 aromatic carbocycles. The van der Waals surface area contributed by atoms with Gasteiger partial charge >= 0.3 is 0 Å². The number of carbonyl (C=O) groups is 2. The largest absolute Gasteiger partial charge is 0.396 e. The topological polar surface area (TPSA) is 166 Å². The summed E-state index contributed by atoms with van der Waals surface area (Å²) in [6.45, 7) is 1.97. The van der Waals surface area contributed by atoms with Crippen LogP contribution in [0.5, 0.6) is 0 Å². The number of amides is 2. The Labute approximate surface area is 324 Å². The van der Waals surface area contributed by atoms with Crippen LogP contribution in [0.25, 0.3) is 21.9 Å². The molecule has 0 saturated heterocycles. The third-order valence-electron chi connectivity index (χ3n) is 8.49. The molecule has 0 aliphatic rings. The Morgan fingerprint density at radius 3 is 2.02 bits per heavy atom. The van der Waals surface area contributed by atoms with Gasteiger partial charge in [0.2, 0.25) is 10.9 Å². The van der Waals surface area contributed by atoms with Gasteiger partial charge in [-0.2, -0.15) is 0 Å². The van der Waals surface area contributed by atoms with Crippen molar-refractivity contribution < 1.29 is 24.2 Å². The van der Waals surface area contributed by atoms with Crippen molar-refractivity contribution in [2.24, 2.45) is 7.05 Å². The minimum atomic E-state index is -0.564. The number of nitrogens with zero attached hydrogens (tertiary/aromatic N) is 2. The van der Waals surface area contributed by atoms with Crippen molar-refractivity contribution >= 4 is 57.0 Å². The molecule has 2 amide bonds. The van der Waals surface area contributed by atoms with Gasteiger partial charge in [0.25, 0.3) is 11.8 Å². The summed E-state index contributed by atoms with van der Waals surface area (Å²) in [5.41, 5.74) is 2.98. The normalized spacial score (nSPS) is 10.7. The summed E-state index contributed by atoms with van der Waals surface area (Å²) in [5, 5.41) is 24.9. The van der Waals surface area contributed by atoms with Crippen molar-refractivity contribution in [3.8, 4) is 11.8 Å². The van der Waals surface area contributed by atoms with Crippen LogP contribution in [-0.4, -0.2) is 49.8 Å². The average Bonchev–Trinajstić information content (AvgIpc) is 3.17. The maximum atomic E-state index is 14.2. The number of benzene rings is 3. The van der Waals surface area contributed by atoms with E-state index in [1.807, 2.05) is 0 Å². The van der Waals surface area contributed by atoms with E-state index < -0.39 is 28.5 Å². The number of aromatic amines is 1. The summed E-state index contributed by atoms with van der Waals surface area (Å²) >= 11 is 11.7. The number of halogens is 3. The van der Waals surface area contributed by atoms with Gasteiger partial charge in [-0.1, -0.05) is 59.3 Å². The highest BCUT2D eigenvalue weighted by Gasteiger charge is 2.18. The molecule has 282 valence electrons. The number of rotatable bonds is 9. The zero-order valence-electron chi connectivity index (χ0n) is 29.8. The van der Waals surface area contributed by atoms with Crippen molar-refractivity contribution in [3.63, 3.8) is 0 Å². The number of aliphatic hydroxyl groups excluding tert-OH is 2. The molecule has 3 aromatic heterocycles. The maximum absolute atomic E-state index is 14.2. The Morgan fingerprint density at radius 2 is 1.44 bits per heavy atom. The van der Waals surface area contributed by atoms with Crippen LogP contribution >= 0.6 is 23.2 Å². The Kier molecular flexibility index (Phi) is 13.5. The van der Waals surface area contributed by atoms with Crippen molar-refractivity contribution in [1.82, 2.24) is 25.2 Å². The quantitative estimate of drug-likeness (QED) is 0.123. The Bertz CT molecular complexity index is 2560. The van der Waals surface area contributed by atoms with Gasteiger partial charge in [-0.15, -0.1) is 0 Å². The van der Waals surface area contributed by atoms with Gasteiger partial charge in [0.15, 0.2) is 0 Å². The van der Waals surface area contributed by atoms with E-state index in [0.717, 1.165) is 11.1 Å². The number of fused-ring (bicyclic) bond motifs is 2. The highest BCUT2D eigenvalue weighted by atomic mass is 35.5. The number of carbonyl (C=O) groups excluding carboxylic acids is 2. The SMILES string of the molecule is Cc1nc2c(cc1C#CCO)c(=O)c(C(=O)NCc1ccc(Cl)cc1)cn2C.O=C(NCc1ccc(Cl)cc1)c1c[nH]c2c(F)cc(CCCO)cc2c1=O. The molecule has 6 rings (SSSR count). The number of hydrogen-bond acceptors (Lipinski definition) is 7. The summed E-state index contributed by atoms with van der Waals surface area (Å²) in [7, 11) is 1.73. The lowest BCUT2D eigenvalue weighted by atomic mass is 10.0. The number of aryl methyl sites for hydroxylation is 3. The summed E-state index contributed by atoms with van der Waals surface area (Å²) in [5.74, 6) is 3.75. The van der Waals surface area contributed by atoms with Gasteiger partial charge in [-0.3, -0.25) is 19.2 Å². The van der Waals surface area contributed by atoms with Gasteiger partial charge in [0.05, 0.1) is 16.6 Å². The van der Waals surface area contributed by atoms with Crippen LogP contribution in [0.15, 0.2) is 88.7 Å². The lowest BCUT2D eigenvalue weighted by molar-refractivity contribution is 0.0941. The molecule has 11 nitrogen and oxygen atoms in total. The molecule has 0 saturated carbocycles. The van der Waals surface area contributed by atoms with E-state index in [0.29, 0.717) is 50.7 Å². The Morgan fingerprint density at radius 1 is 0.855 bits per heavy atom. The van der Waals surface area contributed by atoms with E-state index in [1.54, 1.807) is 79.2 Å². The lowest BCUT2D eigenvalue weighted by Gasteiger charge is -2.11. The second-order valence-electron chi connectivity index (χ2n) is 12.4. The van der Waals surface area contributed by atoms with E-state index in [-0.39, 0.29) is 48.3 Å². The zero-order chi connectivity index (χ0) is 39.6. The number of H-pyrrole nitrogens is 1. The molecule has 3 heterocycles. The van der Waals surface area contributed by atoms with Crippen molar-refractivity contribution in [3.05, 3.63) is 155 Å². The van der Waals surface area contributed by atoms with Crippen LogP contribution in [0.2, 0.25) is 10.0 Å². The molecule has 5 N–H and O–H groups in total. The summed E-state index contributed by atoms with van der Waals surface area (Å²) in [6.07, 6.45) is 3.60. The van der Waals surface area contributed by atoms with E-state index >= 15 is 0 Å². The zero-order valence-corrected chi connectivity index (χ0v) is 31.3. The summed E-state index contributed by atoms with van der Waals surface area (Å²) in [4.78, 5) is 57.7. The Hall–Kier alpha value is -5.84. The smallest absolute Gasteiger partial charge is 0.257 e. The minimum absolute atomic E-state index is 0.0238. The number of hydrogen-bond donors (Lipinski definition) is 5. The molecule has 0 atom stereocenters. The molecule has 0 aliphatic heterocycles. The Balaban J connectivity index is 0.000000211. The maximum Gasteiger partial charge on any atom is 0.257 e. The first-order valence-corrected chi connectivity index (χ1v) is 17.8. The number of nitrogens with one attached hydrogen (secondary N) is 3. The van der Waals surface area contributed by atoms with Crippen molar-refractivity contribution in [2.75, 3.05) is 13.2 Å². The molecule has 0 unspecified atom stereocenters.